The summed E-state index contributed by atoms with van der Waals surface area (Å²) in [6.45, 7) is 2.22. The summed E-state index contributed by atoms with van der Waals surface area (Å²) in [7, 11) is 0. The molecule has 0 radical (unpaired) electrons. The number of anilines is 1. The Balaban J connectivity index is 2.54. The Morgan fingerprint density at radius 3 is 3.00 bits per heavy atom. The van der Waals surface area contributed by atoms with E-state index in [4.69, 9.17) is 21.0 Å². The van der Waals surface area contributed by atoms with Gasteiger partial charge in [-0.05, 0) is 30.7 Å². The van der Waals surface area contributed by atoms with Crippen LogP contribution in [0, 0.1) is 12.3 Å². The maximum atomic E-state index is 11.9. The Hall–Kier alpha value is -2.94. The molecule has 1 heterocycles. The third-order valence-electron chi connectivity index (χ3n) is 2.96. The molecule has 0 aliphatic carbocycles. The van der Waals surface area contributed by atoms with Gasteiger partial charge in [0.15, 0.2) is 18.1 Å². The molecule has 0 aromatic heterocycles. The van der Waals surface area contributed by atoms with Crippen LogP contribution in [0.4, 0.5) is 5.69 Å². The molecule has 114 valence electrons. The van der Waals surface area contributed by atoms with Gasteiger partial charge in [0.1, 0.15) is 0 Å². The molecule has 1 N–H and O–H groups in total. The van der Waals surface area contributed by atoms with Crippen molar-refractivity contribution < 1.29 is 24.2 Å². The van der Waals surface area contributed by atoms with Crippen LogP contribution in [0.5, 0.6) is 11.5 Å². The van der Waals surface area contributed by atoms with Gasteiger partial charge in [-0.15, -0.1) is 6.42 Å². The number of carbonyl (C=O) groups is 2. The molecule has 22 heavy (non-hydrogen) atoms. The Labute approximate surface area is 127 Å². The molecular weight excluding hydrogens is 286 g/mol. The lowest BCUT2D eigenvalue weighted by atomic mass is 10.1. The molecule has 6 heteroatoms. The molecule has 0 atom stereocenters. The number of hydrogen-bond donors (Lipinski definition) is 1. The van der Waals surface area contributed by atoms with Crippen LogP contribution in [0.2, 0.25) is 0 Å². The van der Waals surface area contributed by atoms with Crippen molar-refractivity contribution in [2.75, 3.05) is 24.7 Å². The van der Waals surface area contributed by atoms with E-state index in [2.05, 4.69) is 5.92 Å². The minimum atomic E-state index is -1.07. The van der Waals surface area contributed by atoms with Crippen molar-refractivity contribution in [3.8, 4) is 23.8 Å². The highest BCUT2D eigenvalue weighted by Crippen LogP contribution is 2.41. The average Bonchev–Trinajstić information content (AvgIpc) is 2.48. The first kappa shape index (κ1) is 15.4. The Morgan fingerprint density at radius 1 is 1.59 bits per heavy atom. The molecule has 1 aromatic rings. The number of aliphatic carboxylic acids is 1. The topological polar surface area (TPSA) is 76.1 Å². The summed E-state index contributed by atoms with van der Waals surface area (Å²) in [4.78, 5) is 24.0. The number of carboxylic acids is 1. The number of hydrogen-bond acceptors (Lipinski definition) is 4. The van der Waals surface area contributed by atoms with Gasteiger partial charge in [-0.25, -0.2) is 4.79 Å². The summed E-state index contributed by atoms with van der Waals surface area (Å²) in [5.41, 5.74) is 1.05. The van der Waals surface area contributed by atoms with Crippen molar-refractivity contribution in [3.05, 3.63) is 23.8 Å². The molecule has 0 bridgehead atoms. The van der Waals surface area contributed by atoms with E-state index in [0.29, 0.717) is 29.4 Å². The SMILES string of the molecule is C#CCN1C(=O)COc2c(OCC)cc(/C=C/C(=O)O)cc21. The van der Waals surface area contributed by atoms with E-state index in [0.717, 1.165) is 6.08 Å². The second-order valence-electron chi connectivity index (χ2n) is 4.44. The van der Waals surface area contributed by atoms with Crippen LogP contribution in [-0.4, -0.2) is 36.7 Å². The molecular formula is C16H15NO5. The van der Waals surface area contributed by atoms with Crippen molar-refractivity contribution in [1.82, 2.24) is 0 Å². The minimum absolute atomic E-state index is 0.104. The molecule has 0 unspecified atom stereocenters. The van der Waals surface area contributed by atoms with Gasteiger partial charge in [-0.3, -0.25) is 9.69 Å². The number of nitrogens with zero attached hydrogens (tertiary/aromatic N) is 1. The van der Waals surface area contributed by atoms with Crippen molar-refractivity contribution in [2.45, 2.75) is 6.92 Å². The van der Waals surface area contributed by atoms with Gasteiger partial charge >= 0.3 is 5.97 Å². The van der Waals surface area contributed by atoms with E-state index in [1.165, 1.54) is 11.0 Å². The number of carbonyl (C=O) groups excluding carboxylic acids is 1. The largest absolute Gasteiger partial charge is 0.490 e. The lowest BCUT2D eigenvalue weighted by molar-refractivity contribution is -0.131. The molecule has 1 aromatic carbocycles. The van der Waals surface area contributed by atoms with Crippen LogP contribution in [0.15, 0.2) is 18.2 Å². The number of rotatable bonds is 5. The van der Waals surface area contributed by atoms with E-state index >= 15 is 0 Å². The highest BCUT2D eigenvalue weighted by Gasteiger charge is 2.28. The first-order valence-corrected chi connectivity index (χ1v) is 6.65. The van der Waals surface area contributed by atoms with Crippen molar-refractivity contribution >= 4 is 23.6 Å². The molecule has 0 saturated heterocycles. The Kier molecular flexibility index (Phi) is 4.69. The number of fused-ring (bicyclic) bond motifs is 1. The van der Waals surface area contributed by atoms with E-state index in [1.807, 2.05) is 6.92 Å². The first-order valence-electron chi connectivity index (χ1n) is 6.65. The fraction of sp³-hybridized carbons (Fsp3) is 0.250. The van der Waals surface area contributed by atoms with Gasteiger partial charge < -0.3 is 14.6 Å². The lowest BCUT2D eigenvalue weighted by Crippen LogP contribution is -2.39. The highest BCUT2D eigenvalue weighted by molar-refractivity contribution is 5.99. The molecule has 0 spiro atoms. The zero-order chi connectivity index (χ0) is 16.1. The molecule has 0 saturated carbocycles. The van der Waals surface area contributed by atoms with Gasteiger partial charge in [-0.1, -0.05) is 5.92 Å². The lowest BCUT2D eigenvalue weighted by Gasteiger charge is -2.29. The number of ether oxygens (including phenoxy) is 2. The number of terminal acetylenes is 1. The fourth-order valence-corrected chi connectivity index (χ4v) is 2.09. The molecule has 1 amide bonds. The normalized spacial score (nSPS) is 13.5. The van der Waals surface area contributed by atoms with E-state index in [1.54, 1.807) is 12.1 Å². The van der Waals surface area contributed by atoms with E-state index in [-0.39, 0.29) is 19.1 Å². The summed E-state index contributed by atoms with van der Waals surface area (Å²) in [6, 6.07) is 3.30. The van der Waals surface area contributed by atoms with Crippen LogP contribution in [0.1, 0.15) is 12.5 Å². The smallest absolute Gasteiger partial charge is 0.328 e. The summed E-state index contributed by atoms with van der Waals surface area (Å²) in [5.74, 6) is 1.98. The van der Waals surface area contributed by atoms with Crippen molar-refractivity contribution in [3.63, 3.8) is 0 Å². The first-order chi connectivity index (χ1) is 10.6. The predicted molar refractivity (Wildman–Crippen MR) is 81.0 cm³/mol. The van der Waals surface area contributed by atoms with Crippen molar-refractivity contribution in [2.24, 2.45) is 0 Å². The molecule has 1 aliphatic heterocycles. The minimum Gasteiger partial charge on any atom is -0.490 e. The van der Waals surface area contributed by atoms with Gasteiger partial charge in [0, 0.05) is 6.08 Å². The average molecular weight is 301 g/mol. The number of amides is 1. The van der Waals surface area contributed by atoms with Gasteiger partial charge in [0.25, 0.3) is 5.91 Å². The zero-order valence-corrected chi connectivity index (χ0v) is 12.0. The number of carboxylic acid groups (broad SMARTS) is 1. The van der Waals surface area contributed by atoms with E-state index in [9.17, 15) is 9.59 Å². The highest BCUT2D eigenvalue weighted by atomic mass is 16.5. The summed E-state index contributed by atoms with van der Waals surface area (Å²) in [6.07, 6.45) is 7.73. The fourth-order valence-electron chi connectivity index (χ4n) is 2.09. The Morgan fingerprint density at radius 2 is 2.36 bits per heavy atom. The van der Waals surface area contributed by atoms with Crippen LogP contribution in [0.25, 0.3) is 6.08 Å². The monoisotopic (exact) mass is 301 g/mol. The van der Waals surface area contributed by atoms with Gasteiger partial charge in [0.05, 0.1) is 18.8 Å². The number of benzene rings is 1. The quantitative estimate of drug-likeness (QED) is 0.659. The summed E-state index contributed by atoms with van der Waals surface area (Å²) >= 11 is 0. The van der Waals surface area contributed by atoms with Crippen LogP contribution >= 0.6 is 0 Å². The zero-order valence-electron chi connectivity index (χ0n) is 12.0. The van der Waals surface area contributed by atoms with Crippen LogP contribution < -0.4 is 14.4 Å². The van der Waals surface area contributed by atoms with Gasteiger partial charge in [0.2, 0.25) is 0 Å². The summed E-state index contributed by atoms with van der Waals surface area (Å²) < 4.78 is 11.0. The summed E-state index contributed by atoms with van der Waals surface area (Å²) in [5, 5.41) is 8.73. The Bertz CT molecular complexity index is 672. The third-order valence-corrected chi connectivity index (χ3v) is 2.96. The molecule has 1 aliphatic rings. The standard InChI is InChI=1S/C16H15NO5/c1-3-7-17-12-8-11(5-6-15(19)20)9-13(21-4-2)16(12)22-10-14(17)18/h1,5-6,8-9H,4,7,10H2,2H3,(H,19,20)/b6-5+. The second-order valence-corrected chi connectivity index (χ2v) is 4.44. The third kappa shape index (κ3) is 3.20. The van der Waals surface area contributed by atoms with Crippen LogP contribution in [-0.2, 0) is 9.59 Å². The maximum absolute atomic E-state index is 11.9. The molecule has 6 nitrogen and oxygen atoms in total. The van der Waals surface area contributed by atoms with Crippen LogP contribution in [0.3, 0.4) is 0 Å². The second kappa shape index (κ2) is 6.68. The van der Waals surface area contributed by atoms with E-state index < -0.39 is 5.97 Å². The van der Waals surface area contributed by atoms with Crippen molar-refractivity contribution in [1.29, 1.82) is 0 Å². The maximum Gasteiger partial charge on any atom is 0.328 e. The predicted octanol–water partition coefficient (Wildman–Crippen LogP) is 1.54. The van der Waals surface area contributed by atoms with Gasteiger partial charge in [-0.2, -0.15) is 0 Å². The molecule has 0 fully saturated rings. The molecule has 2 rings (SSSR count).